The quantitative estimate of drug-likeness (QED) is 0.741. The molecule has 2 heterocycles. The van der Waals surface area contributed by atoms with Crippen LogP contribution in [0.5, 0.6) is 0 Å². The van der Waals surface area contributed by atoms with Crippen molar-refractivity contribution in [3.8, 4) is 0 Å². The molecule has 3 rings (SSSR count). The third kappa shape index (κ3) is 3.82. The number of aromatic nitrogens is 1. The monoisotopic (exact) mass is 413 g/mol. The Morgan fingerprint density at radius 3 is 3.09 bits per heavy atom. The Morgan fingerprint density at radius 1 is 1.57 bits per heavy atom. The molecule has 1 fully saturated rings. The van der Waals surface area contributed by atoms with Crippen LogP contribution in [0.2, 0.25) is 0 Å². The summed E-state index contributed by atoms with van der Waals surface area (Å²) in [6.45, 7) is 1.38. The number of thiazole rings is 1. The van der Waals surface area contributed by atoms with Gasteiger partial charge < -0.3 is 20.4 Å². The highest BCUT2D eigenvalue weighted by atomic mass is 79.9. The van der Waals surface area contributed by atoms with E-state index in [-0.39, 0.29) is 12.0 Å². The van der Waals surface area contributed by atoms with Crippen molar-refractivity contribution < 1.29 is 9.53 Å². The van der Waals surface area contributed by atoms with Crippen LogP contribution < -0.4 is 11.1 Å². The number of halogens is 1. The molecule has 0 aliphatic carbocycles. The maximum absolute atomic E-state index is 12.5. The van der Waals surface area contributed by atoms with E-state index < -0.39 is 0 Å². The van der Waals surface area contributed by atoms with Crippen molar-refractivity contribution in [1.82, 2.24) is 4.57 Å². The van der Waals surface area contributed by atoms with Gasteiger partial charge in [-0.25, -0.2) is 0 Å². The number of benzene rings is 1. The van der Waals surface area contributed by atoms with Gasteiger partial charge in [0.1, 0.15) is 10.7 Å². The molecule has 1 aromatic carbocycles. The fourth-order valence-electron chi connectivity index (χ4n) is 2.50. The number of nitrogens with one attached hydrogen (secondary N) is 1. The molecule has 23 heavy (non-hydrogen) atoms. The Balaban J connectivity index is 1.79. The van der Waals surface area contributed by atoms with Gasteiger partial charge in [0.15, 0.2) is 3.95 Å². The van der Waals surface area contributed by atoms with Crippen LogP contribution in [-0.2, 0) is 11.3 Å². The van der Waals surface area contributed by atoms with Gasteiger partial charge in [0.05, 0.1) is 12.6 Å². The lowest BCUT2D eigenvalue weighted by Gasteiger charge is -2.12. The number of carbonyl (C=O) groups is 1. The van der Waals surface area contributed by atoms with Gasteiger partial charge in [0.2, 0.25) is 0 Å². The van der Waals surface area contributed by atoms with Crippen LogP contribution >= 0.6 is 39.5 Å². The number of amides is 1. The van der Waals surface area contributed by atoms with Gasteiger partial charge in [-0.15, -0.1) is 0 Å². The standard InChI is InChI=1S/C15H16BrN3O2S2/c16-9-3-1-4-10(7-9)18-14(20)12-13(17)19(15(22)23-12)8-11-5-2-6-21-11/h1,3-4,7,11H,2,5-6,8,17H2,(H,18,20)/t11-/m1/s1. The molecule has 0 radical (unpaired) electrons. The average molecular weight is 414 g/mol. The van der Waals surface area contributed by atoms with E-state index in [1.807, 2.05) is 24.3 Å². The number of nitrogens with zero attached hydrogens (tertiary/aromatic N) is 1. The number of hydrogen-bond acceptors (Lipinski definition) is 5. The summed E-state index contributed by atoms with van der Waals surface area (Å²) in [5.74, 6) is 0.158. The highest BCUT2D eigenvalue weighted by Crippen LogP contribution is 2.26. The summed E-state index contributed by atoms with van der Waals surface area (Å²) < 4.78 is 8.91. The van der Waals surface area contributed by atoms with Gasteiger partial charge in [0.25, 0.3) is 5.91 Å². The lowest BCUT2D eigenvalue weighted by atomic mass is 10.2. The molecule has 2 aromatic rings. The Labute approximate surface area is 151 Å². The Kier molecular flexibility index (Phi) is 5.15. The second-order valence-corrected chi connectivity index (χ2v) is 7.85. The summed E-state index contributed by atoms with van der Waals surface area (Å²) in [4.78, 5) is 12.9. The molecule has 0 spiro atoms. The maximum Gasteiger partial charge on any atom is 0.269 e. The van der Waals surface area contributed by atoms with Crippen molar-refractivity contribution in [2.45, 2.75) is 25.5 Å². The first-order chi connectivity index (χ1) is 11.0. The zero-order chi connectivity index (χ0) is 16.4. The Hall–Kier alpha value is -1.22. The smallest absolute Gasteiger partial charge is 0.269 e. The van der Waals surface area contributed by atoms with E-state index in [9.17, 15) is 4.79 Å². The molecule has 3 N–H and O–H groups in total. The minimum atomic E-state index is -0.247. The third-order valence-electron chi connectivity index (χ3n) is 3.63. The zero-order valence-corrected chi connectivity index (χ0v) is 15.5. The number of anilines is 2. The van der Waals surface area contributed by atoms with E-state index in [1.54, 1.807) is 4.57 Å². The molecule has 1 aromatic heterocycles. The lowest BCUT2D eigenvalue weighted by molar-refractivity contribution is 0.0970. The fraction of sp³-hybridized carbons (Fsp3) is 0.333. The first kappa shape index (κ1) is 16.6. The largest absolute Gasteiger partial charge is 0.384 e. The third-order valence-corrected chi connectivity index (χ3v) is 5.59. The number of nitrogen functional groups attached to an aromatic ring is 1. The minimum absolute atomic E-state index is 0.125. The van der Waals surface area contributed by atoms with Crippen molar-refractivity contribution in [2.75, 3.05) is 17.7 Å². The number of carbonyl (C=O) groups excluding carboxylic acids is 1. The van der Waals surface area contributed by atoms with Crippen molar-refractivity contribution in [2.24, 2.45) is 0 Å². The van der Waals surface area contributed by atoms with Crippen molar-refractivity contribution in [3.05, 3.63) is 37.6 Å². The summed E-state index contributed by atoms with van der Waals surface area (Å²) in [5.41, 5.74) is 6.85. The SMILES string of the molecule is Nc1c(C(=O)Nc2cccc(Br)c2)sc(=S)n1C[C@H]1CCCO1. The zero-order valence-electron chi connectivity index (χ0n) is 12.3. The Morgan fingerprint density at radius 2 is 2.39 bits per heavy atom. The molecule has 0 unspecified atom stereocenters. The molecule has 1 atom stereocenters. The summed E-state index contributed by atoms with van der Waals surface area (Å²) in [6, 6.07) is 7.40. The van der Waals surface area contributed by atoms with Crippen LogP contribution in [0.25, 0.3) is 0 Å². The number of ether oxygens (including phenoxy) is 1. The second-order valence-electron chi connectivity index (χ2n) is 5.29. The average Bonchev–Trinajstić information content (AvgIpc) is 3.11. The van der Waals surface area contributed by atoms with Crippen LogP contribution in [0.15, 0.2) is 28.7 Å². The van der Waals surface area contributed by atoms with E-state index >= 15 is 0 Å². The molecule has 1 amide bonds. The molecule has 122 valence electrons. The molecule has 8 heteroatoms. The first-order valence-electron chi connectivity index (χ1n) is 7.22. The van der Waals surface area contributed by atoms with Gasteiger partial charge in [0, 0.05) is 16.8 Å². The van der Waals surface area contributed by atoms with Crippen LogP contribution in [0.1, 0.15) is 22.5 Å². The van der Waals surface area contributed by atoms with Gasteiger partial charge in [-0.2, -0.15) is 0 Å². The summed E-state index contributed by atoms with van der Waals surface area (Å²) in [6.07, 6.45) is 2.18. The topological polar surface area (TPSA) is 69.3 Å². The highest BCUT2D eigenvalue weighted by molar-refractivity contribution is 9.10. The van der Waals surface area contributed by atoms with E-state index in [0.29, 0.717) is 26.9 Å². The van der Waals surface area contributed by atoms with E-state index in [4.69, 9.17) is 22.7 Å². The van der Waals surface area contributed by atoms with E-state index in [0.717, 1.165) is 23.9 Å². The predicted octanol–water partition coefficient (Wildman–Crippen LogP) is 4.06. The normalized spacial score (nSPS) is 17.3. The van der Waals surface area contributed by atoms with Crippen LogP contribution in [0.4, 0.5) is 11.5 Å². The molecular weight excluding hydrogens is 398 g/mol. The predicted molar refractivity (Wildman–Crippen MR) is 98.6 cm³/mol. The van der Waals surface area contributed by atoms with Gasteiger partial charge in [-0.05, 0) is 43.3 Å². The molecule has 1 saturated heterocycles. The van der Waals surface area contributed by atoms with Crippen molar-refractivity contribution >= 4 is 56.9 Å². The van der Waals surface area contributed by atoms with E-state index in [1.165, 1.54) is 11.3 Å². The molecule has 1 aliphatic heterocycles. The molecule has 1 aliphatic rings. The van der Waals surface area contributed by atoms with Gasteiger partial charge >= 0.3 is 0 Å². The van der Waals surface area contributed by atoms with Gasteiger partial charge in [-0.1, -0.05) is 33.3 Å². The maximum atomic E-state index is 12.5. The summed E-state index contributed by atoms with van der Waals surface area (Å²) in [7, 11) is 0. The van der Waals surface area contributed by atoms with Crippen LogP contribution in [-0.4, -0.2) is 23.2 Å². The summed E-state index contributed by atoms with van der Waals surface area (Å²) >= 11 is 9.97. The summed E-state index contributed by atoms with van der Waals surface area (Å²) in [5, 5.41) is 2.84. The van der Waals surface area contributed by atoms with E-state index in [2.05, 4.69) is 21.2 Å². The fourth-order valence-corrected chi connectivity index (χ4v) is 4.14. The van der Waals surface area contributed by atoms with Crippen LogP contribution in [0, 0.1) is 3.95 Å². The molecule has 0 bridgehead atoms. The second kappa shape index (κ2) is 7.12. The van der Waals surface area contributed by atoms with Gasteiger partial charge in [-0.3, -0.25) is 4.79 Å². The van der Waals surface area contributed by atoms with Crippen molar-refractivity contribution in [1.29, 1.82) is 0 Å². The van der Waals surface area contributed by atoms with Crippen LogP contribution in [0.3, 0.4) is 0 Å². The molecule has 5 nitrogen and oxygen atoms in total. The number of nitrogens with two attached hydrogens (primary N) is 1. The molecular formula is C15H16BrN3O2S2. The lowest BCUT2D eigenvalue weighted by Crippen LogP contribution is -2.18. The van der Waals surface area contributed by atoms with Crippen molar-refractivity contribution in [3.63, 3.8) is 0 Å². The minimum Gasteiger partial charge on any atom is -0.384 e. The highest BCUT2D eigenvalue weighted by Gasteiger charge is 2.22. The number of rotatable bonds is 4. The first-order valence-corrected chi connectivity index (χ1v) is 9.24. The molecule has 0 saturated carbocycles. The number of hydrogen-bond donors (Lipinski definition) is 2. The Bertz CT molecular complexity index is 781.